The van der Waals surface area contributed by atoms with Crippen LogP contribution in [-0.4, -0.2) is 11.6 Å². The van der Waals surface area contributed by atoms with Crippen molar-refractivity contribution in [3.63, 3.8) is 0 Å². The summed E-state index contributed by atoms with van der Waals surface area (Å²) in [5.74, 6) is 1.41. The molecule has 0 aliphatic carbocycles. The van der Waals surface area contributed by atoms with Gasteiger partial charge in [0.1, 0.15) is 18.1 Å². The van der Waals surface area contributed by atoms with Crippen LogP contribution in [0.3, 0.4) is 0 Å². The van der Waals surface area contributed by atoms with Gasteiger partial charge < -0.3 is 9.47 Å². The molecule has 0 amide bonds. The Labute approximate surface area is 154 Å². The molecule has 0 aliphatic heterocycles. The van der Waals surface area contributed by atoms with E-state index < -0.39 is 0 Å². The Morgan fingerprint density at radius 1 is 1.09 bits per heavy atom. The first-order chi connectivity index (χ1) is 10.9. The molecule has 0 saturated heterocycles. The third kappa shape index (κ3) is 4.64. The van der Waals surface area contributed by atoms with Crippen LogP contribution in [0.4, 0.5) is 4.79 Å². The van der Waals surface area contributed by atoms with Gasteiger partial charge in [-0.05, 0) is 96.3 Å². The van der Waals surface area contributed by atoms with E-state index in [0.29, 0.717) is 12.4 Å². The highest BCUT2D eigenvalue weighted by atomic mass is 127. The predicted octanol–water partition coefficient (Wildman–Crippen LogP) is 5.66. The fourth-order valence-corrected chi connectivity index (χ4v) is 2.95. The van der Waals surface area contributed by atoms with Crippen molar-refractivity contribution in [3.05, 3.63) is 56.2 Å². The molecule has 0 aliphatic rings. The molecule has 0 N–H and O–H groups in total. The number of rotatable bonds is 4. The summed E-state index contributed by atoms with van der Waals surface area (Å²) in [5, 5.41) is -0.324. The average Bonchev–Trinajstić information content (AvgIpc) is 2.51. The Hall–Kier alpha value is -1.21. The van der Waals surface area contributed by atoms with Gasteiger partial charge >= 0.3 is 5.30 Å². The van der Waals surface area contributed by atoms with Gasteiger partial charge in [-0.1, -0.05) is 12.1 Å². The van der Waals surface area contributed by atoms with E-state index in [9.17, 15) is 4.79 Å². The van der Waals surface area contributed by atoms with Gasteiger partial charge in [-0.3, -0.25) is 0 Å². The molecule has 122 valence electrons. The summed E-state index contributed by atoms with van der Waals surface area (Å²) < 4.78 is 12.4. The first-order valence-electron chi connectivity index (χ1n) is 7.16. The van der Waals surface area contributed by atoms with Crippen LogP contribution in [-0.2, 0) is 6.61 Å². The fraction of sp³-hybridized carbons (Fsp3) is 0.278. The molecule has 3 nitrogen and oxygen atoms in total. The van der Waals surface area contributed by atoms with Crippen LogP contribution in [0.5, 0.6) is 11.5 Å². The molecule has 0 radical (unpaired) electrons. The summed E-state index contributed by atoms with van der Waals surface area (Å²) in [6.45, 7) is 6.55. The van der Waals surface area contributed by atoms with Crippen molar-refractivity contribution in [2.75, 3.05) is 6.26 Å². The third-order valence-corrected chi connectivity index (χ3v) is 5.03. The van der Waals surface area contributed by atoms with E-state index in [1.54, 1.807) is 12.3 Å². The lowest BCUT2D eigenvalue weighted by atomic mass is 10.1. The Kier molecular flexibility index (Phi) is 6.35. The maximum atomic E-state index is 11.6. The van der Waals surface area contributed by atoms with Crippen molar-refractivity contribution in [2.45, 2.75) is 27.4 Å². The number of halogens is 1. The molecule has 23 heavy (non-hydrogen) atoms. The standard InChI is InChI=1S/C18H19IO3S/c1-11-8-13(3)17(9-12(11)2)21-10-14-15(19)6-5-7-16(14)22-18(20)23-4/h5-9H,10H2,1-4H3. The number of carbonyl (C=O) groups is 1. The molecule has 2 aromatic carbocycles. The molecular weight excluding hydrogens is 423 g/mol. The summed E-state index contributed by atoms with van der Waals surface area (Å²) in [5.41, 5.74) is 4.43. The highest BCUT2D eigenvalue weighted by molar-refractivity contribution is 14.1. The molecule has 0 heterocycles. The zero-order valence-corrected chi connectivity index (χ0v) is 16.6. The number of hydrogen-bond acceptors (Lipinski definition) is 4. The predicted molar refractivity (Wildman–Crippen MR) is 104 cm³/mol. The second-order valence-electron chi connectivity index (χ2n) is 5.26. The van der Waals surface area contributed by atoms with E-state index in [2.05, 4.69) is 42.5 Å². The maximum Gasteiger partial charge on any atom is 0.372 e. The number of thioether (sulfide) groups is 1. The van der Waals surface area contributed by atoms with Crippen molar-refractivity contribution in [1.82, 2.24) is 0 Å². The largest absolute Gasteiger partial charge is 0.488 e. The lowest BCUT2D eigenvalue weighted by molar-refractivity contribution is 0.225. The molecule has 2 aromatic rings. The van der Waals surface area contributed by atoms with Gasteiger partial charge in [0.15, 0.2) is 0 Å². The first kappa shape index (κ1) is 18.1. The molecule has 0 atom stereocenters. The Morgan fingerprint density at radius 3 is 2.48 bits per heavy atom. The van der Waals surface area contributed by atoms with Crippen LogP contribution >= 0.6 is 34.4 Å². The van der Waals surface area contributed by atoms with Gasteiger partial charge in [-0.2, -0.15) is 0 Å². The van der Waals surface area contributed by atoms with E-state index >= 15 is 0 Å². The summed E-state index contributed by atoms with van der Waals surface area (Å²) >= 11 is 3.28. The minimum Gasteiger partial charge on any atom is -0.488 e. The van der Waals surface area contributed by atoms with Gasteiger partial charge in [-0.15, -0.1) is 0 Å². The first-order valence-corrected chi connectivity index (χ1v) is 9.46. The monoisotopic (exact) mass is 442 g/mol. The van der Waals surface area contributed by atoms with E-state index in [1.165, 1.54) is 11.1 Å². The highest BCUT2D eigenvalue weighted by Crippen LogP contribution is 2.29. The van der Waals surface area contributed by atoms with Gasteiger partial charge in [0, 0.05) is 9.13 Å². The molecule has 2 rings (SSSR count). The zero-order valence-electron chi connectivity index (χ0n) is 13.6. The van der Waals surface area contributed by atoms with Crippen molar-refractivity contribution in [2.24, 2.45) is 0 Å². The van der Waals surface area contributed by atoms with Crippen LogP contribution < -0.4 is 9.47 Å². The number of benzene rings is 2. The average molecular weight is 442 g/mol. The van der Waals surface area contributed by atoms with Gasteiger partial charge in [0.25, 0.3) is 0 Å². The van der Waals surface area contributed by atoms with E-state index in [1.807, 2.05) is 25.1 Å². The van der Waals surface area contributed by atoms with E-state index in [4.69, 9.17) is 9.47 Å². The summed E-state index contributed by atoms with van der Waals surface area (Å²) in [4.78, 5) is 11.6. The van der Waals surface area contributed by atoms with Crippen LogP contribution in [0, 0.1) is 24.3 Å². The highest BCUT2D eigenvalue weighted by Gasteiger charge is 2.13. The van der Waals surface area contributed by atoms with Crippen LogP contribution in [0.1, 0.15) is 22.3 Å². The summed E-state index contributed by atoms with van der Waals surface area (Å²) in [6, 6.07) is 9.81. The molecular formula is C18H19IO3S. The van der Waals surface area contributed by atoms with Crippen molar-refractivity contribution in [3.8, 4) is 11.5 Å². The van der Waals surface area contributed by atoms with Gasteiger partial charge in [-0.25, -0.2) is 4.79 Å². The van der Waals surface area contributed by atoms with Gasteiger partial charge in [0.05, 0.1) is 0 Å². The molecule has 0 saturated carbocycles. The summed E-state index contributed by atoms with van der Waals surface area (Å²) in [7, 11) is 0. The van der Waals surface area contributed by atoms with Crippen molar-refractivity contribution >= 4 is 39.7 Å². The second-order valence-corrected chi connectivity index (χ2v) is 7.17. The number of aryl methyl sites for hydroxylation is 3. The van der Waals surface area contributed by atoms with Crippen LogP contribution in [0.2, 0.25) is 0 Å². The minimum atomic E-state index is -0.324. The quantitative estimate of drug-likeness (QED) is 0.453. The maximum absolute atomic E-state index is 11.6. The van der Waals surface area contributed by atoms with Crippen LogP contribution in [0.25, 0.3) is 0 Å². The Balaban J connectivity index is 2.23. The topological polar surface area (TPSA) is 35.5 Å². The number of carbonyl (C=O) groups excluding carboxylic acids is 1. The van der Waals surface area contributed by atoms with Crippen LogP contribution in [0.15, 0.2) is 30.3 Å². The lowest BCUT2D eigenvalue weighted by Gasteiger charge is -2.15. The molecule has 0 fully saturated rings. The van der Waals surface area contributed by atoms with E-state index in [0.717, 1.165) is 32.2 Å². The normalized spacial score (nSPS) is 10.5. The molecule has 0 spiro atoms. The van der Waals surface area contributed by atoms with Crippen molar-refractivity contribution < 1.29 is 14.3 Å². The second kappa shape index (κ2) is 8.06. The Morgan fingerprint density at radius 2 is 1.78 bits per heavy atom. The zero-order chi connectivity index (χ0) is 17.0. The third-order valence-electron chi connectivity index (χ3n) is 3.60. The van der Waals surface area contributed by atoms with Gasteiger partial charge in [0.2, 0.25) is 0 Å². The van der Waals surface area contributed by atoms with Crippen molar-refractivity contribution in [1.29, 1.82) is 0 Å². The molecule has 0 aromatic heterocycles. The van der Waals surface area contributed by atoms with E-state index in [-0.39, 0.29) is 5.30 Å². The SMILES string of the molecule is CSC(=O)Oc1cccc(I)c1COc1cc(C)c(C)cc1C. The smallest absolute Gasteiger partial charge is 0.372 e. The number of ether oxygens (including phenoxy) is 2. The molecule has 0 bridgehead atoms. The summed E-state index contributed by atoms with van der Waals surface area (Å²) in [6.07, 6.45) is 1.70. The number of hydrogen-bond donors (Lipinski definition) is 0. The lowest BCUT2D eigenvalue weighted by Crippen LogP contribution is -2.06. The minimum absolute atomic E-state index is 0.324. The molecule has 0 unspecified atom stereocenters. The molecule has 5 heteroatoms. The fourth-order valence-electron chi connectivity index (χ4n) is 2.15. The Bertz CT molecular complexity index is 728.